The third-order valence-corrected chi connectivity index (χ3v) is 4.79. The molecule has 0 saturated carbocycles. The molecule has 27 heavy (non-hydrogen) atoms. The third-order valence-electron chi connectivity index (χ3n) is 4.79. The van der Waals surface area contributed by atoms with Crippen LogP contribution < -0.4 is 10.5 Å². The van der Waals surface area contributed by atoms with Crippen molar-refractivity contribution in [3.8, 4) is 0 Å². The highest BCUT2D eigenvalue weighted by molar-refractivity contribution is 5.74. The van der Waals surface area contributed by atoms with E-state index in [2.05, 4.69) is 27.0 Å². The van der Waals surface area contributed by atoms with Crippen LogP contribution >= 0.6 is 0 Å². The summed E-state index contributed by atoms with van der Waals surface area (Å²) in [4.78, 5) is 28.3. The lowest BCUT2D eigenvalue weighted by molar-refractivity contribution is 0.142. The minimum atomic E-state index is -0.175. The summed E-state index contributed by atoms with van der Waals surface area (Å²) in [6, 6.07) is 11.8. The van der Waals surface area contributed by atoms with E-state index in [1.54, 1.807) is 6.34 Å². The smallest absolute Gasteiger partial charge is 0.252 e. The average molecular weight is 365 g/mol. The van der Waals surface area contributed by atoms with E-state index in [4.69, 9.17) is 9.72 Å². The maximum atomic E-state index is 12.3. The standard InChI is InChI=1S/C20H23N5O2/c1-24-8-7-17(21-14-24)18-11-19(26)23-20(22-18)25-9-10-27-13-16(12-25)15-5-3-2-4-6-15/h2-7,11,14,16H,8-10,12-13H2,1H3,(H,22,23,26). The van der Waals surface area contributed by atoms with Crippen LogP contribution in [0, 0.1) is 0 Å². The van der Waals surface area contributed by atoms with Crippen molar-refractivity contribution in [3.63, 3.8) is 0 Å². The fourth-order valence-electron chi connectivity index (χ4n) is 3.32. The van der Waals surface area contributed by atoms with E-state index in [0.29, 0.717) is 31.4 Å². The first kappa shape index (κ1) is 17.5. The Morgan fingerprint density at radius 1 is 1.26 bits per heavy atom. The van der Waals surface area contributed by atoms with Gasteiger partial charge in [-0.25, -0.2) is 9.98 Å². The van der Waals surface area contributed by atoms with Crippen LogP contribution in [-0.2, 0) is 4.74 Å². The van der Waals surface area contributed by atoms with Gasteiger partial charge in [-0.15, -0.1) is 0 Å². The second-order valence-electron chi connectivity index (χ2n) is 6.86. The van der Waals surface area contributed by atoms with Crippen molar-refractivity contribution in [1.82, 2.24) is 14.9 Å². The molecule has 0 aliphatic carbocycles. The van der Waals surface area contributed by atoms with Gasteiger partial charge in [0.1, 0.15) is 0 Å². The third kappa shape index (κ3) is 4.09. The van der Waals surface area contributed by atoms with Crippen molar-refractivity contribution in [1.29, 1.82) is 0 Å². The van der Waals surface area contributed by atoms with Crippen LogP contribution in [0.15, 0.2) is 52.3 Å². The fraction of sp³-hybridized carbons (Fsp3) is 0.350. The molecule has 1 aromatic heterocycles. The van der Waals surface area contributed by atoms with Crippen LogP contribution in [0.3, 0.4) is 0 Å². The minimum Gasteiger partial charge on any atom is -0.379 e. The van der Waals surface area contributed by atoms with E-state index in [1.165, 1.54) is 11.6 Å². The van der Waals surface area contributed by atoms with Gasteiger partial charge >= 0.3 is 0 Å². The van der Waals surface area contributed by atoms with Gasteiger partial charge < -0.3 is 14.5 Å². The number of nitrogens with one attached hydrogen (secondary N) is 1. The number of aromatic amines is 1. The molecule has 1 aromatic carbocycles. The maximum absolute atomic E-state index is 12.3. The number of rotatable bonds is 3. The molecule has 1 unspecified atom stereocenters. The maximum Gasteiger partial charge on any atom is 0.252 e. The van der Waals surface area contributed by atoms with Gasteiger partial charge in [0.2, 0.25) is 5.95 Å². The molecular weight excluding hydrogens is 342 g/mol. The Balaban J connectivity index is 1.62. The normalized spacial score (nSPS) is 20.3. The minimum absolute atomic E-state index is 0.175. The highest BCUT2D eigenvalue weighted by Gasteiger charge is 2.22. The molecule has 0 spiro atoms. The zero-order valence-electron chi connectivity index (χ0n) is 15.3. The van der Waals surface area contributed by atoms with Gasteiger partial charge in [0.05, 0.1) is 30.9 Å². The lowest BCUT2D eigenvalue weighted by Crippen LogP contribution is -2.32. The number of ether oxygens (including phenoxy) is 1. The fourth-order valence-corrected chi connectivity index (χ4v) is 3.32. The highest BCUT2D eigenvalue weighted by atomic mass is 16.5. The number of H-pyrrole nitrogens is 1. The van der Waals surface area contributed by atoms with Crippen LogP contribution in [0.5, 0.6) is 0 Å². The Hall–Kier alpha value is -2.93. The Kier molecular flexibility index (Phi) is 5.02. The quantitative estimate of drug-likeness (QED) is 0.896. The van der Waals surface area contributed by atoms with Gasteiger partial charge in [0, 0.05) is 38.7 Å². The molecule has 4 rings (SSSR count). The van der Waals surface area contributed by atoms with Crippen molar-refractivity contribution in [2.24, 2.45) is 4.99 Å². The van der Waals surface area contributed by atoms with E-state index in [0.717, 1.165) is 18.8 Å². The van der Waals surface area contributed by atoms with Crippen LogP contribution in [0.2, 0.25) is 0 Å². The Labute approximate surface area is 158 Å². The molecular formula is C20H23N5O2. The van der Waals surface area contributed by atoms with Gasteiger partial charge in [-0.1, -0.05) is 30.3 Å². The molecule has 2 aliphatic rings. The molecule has 1 N–H and O–H groups in total. The molecule has 7 nitrogen and oxygen atoms in total. The molecule has 2 aromatic rings. The van der Waals surface area contributed by atoms with Crippen molar-refractivity contribution in [3.05, 3.63) is 64.1 Å². The average Bonchev–Trinajstić information content (AvgIpc) is 2.95. The lowest BCUT2D eigenvalue weighted by atomic mass is 10.00. The number of hydrogen-bond donors (Lipinski definition) is 1. The molecule has 1 atom stereocenters. The van der Waals surface area contributed by atoms with Crippen molar-refractivity contribution >= 4 is 18.0 Å². The van der Waals surface area contributed by atoms with Gasteiger partial charge in [-0.05, 0) is 11.6 Å². The molecule has 140 valence electrons. The summed E-state index contributed by atoms with van der Waals surface area (Å²) in [5.74, 6) is 0.794. The summed E-state index contributed by atoms with van der Waals surface area (Å²) in [5, 5.41) is 0. The zero-order valence-corrected chi connectivity index (χ0v) is 15.3. The lowest BCUT2D eigenvalue weighted by Gasteiger charge is -2.24. The molecule has 7 heteroatoms. The molecule has 1 fully saturated rings. The monoisotopic (exact) mass is 365 g/mol. The molecule has 1 saturated heterocycles. The van der Waals surface area contributed by atoms with E-state index in [1.807, 2.05) is 36.2 Å². The summed E-state index contributed by atoms with van der Waals surface area (Å²) in [6.45, 7) is 3.42. The zero-order chi connectivity index (χ0) is 18.6. The number of aliphatic imine (C=N–C) groups is 1. The van der Waals surface area contributed by atoms with Gasteiger partial charge in [-0.2, -0.15) is 0 Å². The summed E-state index contributed by atoms with van der Waals surface area (Å²) >= 11 is 0. The van der Waals surface area contributed by atoms with Gasteiger partial charge in [0.25, 0.3) is 5.56 Å². The van der Waals surface area contributed by atoms with Crippen molar-refractivity contribution < 1.29 is 4.74 Å². The SMILES string of the molecule is CN1C=NC(c2cc(=O)[nH]c(N3CCOCC(c4ccccc4)C3)n2)=CC1. The van der Waals surface area contributed by atoms with Crippen LogP contribution in [0.25, 0.3) is 5.70 Å². The number of hydrogen-bond acceptors (Lipinski definition) is 6. The van der Waals surface area contributed by atoms with Crippen molar-refractivity contribution in [2.45, 2.75) is 5.92 Å². The van der Waals surface area contributed by atoms with E-state index in [-0.39, 0.29) is 11.5 Å². The number of anilines is 1. The van der Waals surface area contributed by atoms with E-state index in [9.17, 15) is 4.79 Å². The first-order valence-corrected chi connectivity index (χ1v) is 9.13. The number of nitrogens with zero attached hydrogens (tertiary/aromatic N) is 4. The molecule has 0 amide bonds. The van der Waals surface area contributed by atoms with Crippen LogP contribution in [0.1, 0.15) is 17.2 Å². The largest absolute Gasteiger partial charge is 0.379 e. The molecule has 0 bridgehead atoms. The Morgan fingerprint density at radius 2 is 2.11 bits per heavy atom. The number of aromatic nitrogens is 2. The van der Waals surface area contributed by atoms with Crippen molar-refractivity contribution in [2.75, 3.05) is 44.8 Å². The summed E-state index contributed by atoms with van der Waals surface area (Å²) in [6.07, 6.45) is 3.73. The first-order chi connectivity index (χ1) is 13.2. The molecule has 2 aliphatic heterocycles. The number of benzene rings is 1. The topological polar surface area (TPSA) is 73.8 Å². The summed E-state index contributed by atoms with van der Waals surface area (Å²) < 4.78 is 5.80. The highest BCUT2D eigenvalue weighted by Crippen LogP contribution is 2.23. The first-order valence-electron chi connectivity index (χ1n) is 9.13. The van der Waals surface area contributed by atoms with Crippen LogP contribution in [0.4, 0.5) is 5.95 Å². The Morgan fingerprint density at radius 3 is 2.89 bits per heavy atom. The Bertz CT molecular complexity index is 906. The second kappa shape index (κ2) is 7.75. The van der Waals surface area contributed by atoms with Crippen LogP contribution in [-0.4, -0.2) is 61.1 Å². The summed E-state index contributed by atoms with van der Waals surface area (Å²) in [7, 11) is 1.95. The van der Waals surface area contributed by atoms with E-state index < -0.39 is 0 Å². The molecule has 3 heterocycles. The predicted molar refractivity (Wildman–Crippen MR) is 106 cm³/mol. The second-order valence-corrected chi connectivity index (χ2v) is 6.86. The number of likely N-dealkylation sites (N-methyl/N-ethyl adjacent to an activating group) is 1. The van der Waals surface area contributed by atoms with Gasteiger partial charge in [0.15, 0.2) is 0 Å². The van der Waals surface area contributed by atoms with Gasteiger partial charge in [-0.3, -0.25) is 9.78 Å². The molecule has 0 radical (unpaired) electrons. The summed E-state index contributed by atoms with van der Waals surface area (Å²) in [5.41, 5.74) is 2.38. The predicted octanol–water partition coefficient (Wildman–Crippen LogP) is 1.70. The van der Waals surface area contributed by atoms with E-state index >= 15 is 0 Å².